The molecule has 4 nitrogen and oxygen atoms in total. The van der Waals surface area contributed by atoms with Crippen LogP contribution in [-0.4, -0.2) is 35.0 Å². The molecule has 1 N–H and O–H groups in total. The predicted molar refractivity (Wildman–Crippen MR) is 99.4 cm³/mol. The first kappa shape index (κ1) is 18.5. The zero-order valence-corrected chi connectivity index (χ0v) is 16.4. The minimum Gasteiger partial charge on any atom is -0.352 e. The summed E-state index contributed by atoms with van der Waals surface area (Å²) >= 11 is 5.79. The van der Waals surface area contributed by atoms with Crippen LogP contribution in [0.25, 0.3) is 0 Å². The quantitative estimate of drug-likeness (QED) is 0.343. The average Bonchev–Trinajstić information content (AvgIpc) is 2.40. The summed E-state index contributed by atoms with van der Waals surface area (Å²) in [6, 6.07) is 3.78. The van der Waals surface area contributed by atoms with Gasteiger partial charge in [0.25, 0.3) is 0 Å². The van der Waals surface area contributed by atoms with Crippen LogP contribution < -0.4 is 5.32 Å². The van der Waals surface area contributed by atoms with Crippen molar-refractivity contribution in [2.24, 2.45) is 10.4 Å². The Labute approximate surface area is 149 Å². The van der Waals surface area contributed by atoms with Gasteiger partial charge in [0, 0.05) is 37.3 Å². The number of hydrogen-bond donors (Lipinski definition) is 1. The normalized spacial score (nSPS) is 19.5. The fraction of sp³-hybridized carbons (Fsp3) is 0.600. The monoisotopic (exact) mass is 422 g/mol. The molecule has 0 bridgehead atoms. The summed E-state index contributed by atoms with van der Waals surface area (Å²) in [6.07, 6.45) is 1.79. The van der Waals surface area contributed by atoms with Gasteiger partial charge in [-0.25, -0.2) is 4.98 Å². The molecule has 0 saturated carbocycles. The van der Waals surface area contributed by atoms with Crippen LogP contribution in [0.5, 0.6) is 0 Å². The molecule has 6 heteroatoms. The minimum absolute atomic E-state index is 0. The lowest BCUT2D eigenvalue weighted by Gasteiger charge is -2.62. The fourth-order valence-corrected chi connectivity index (χ4v) is 2.50. The predicted octanol–water partition coefficient (Wildman–Crippen LogP) is 3.55. The van der Waals surface area contributed by atoms with Crippen LogP contribution in [0.2, 0.25) is 5.15 Å². The molecule has 2 rings (SSSR count). The smallest absolute Gasteiger partial charge is 0.194 e. The molecule has 0 radical (unpaired) electrons. The highest BCUT2D eigenvalue weighted by Crippen LogP contribution is 2.46. The van der Waals surface area contributed by atoms with Gasteiger partial charge in [-0.1, -0.05) is 31.5 Å². The number of hydrogen-bond acceptors (Lipinski definition) is 2. The zero-order chi connectivity index (χ0) is 15.0. The second-order valence-electron chi connectivity index (χ2n) is 6.42. The Morgan fingerprint density at radius 3 is 2.48 bits per heavy atom. The van der Waals surface area contributed by atoms with E-state index in [2.05, 4.69) is 47.9 Å². The van der Waals surface area contributed by atoms with Crippen molar-refractivity contribution in [2.45, 2.75) is 39.8 Å². The Balaban J connectivity index is 0.00000220. The van der Waals surface area contributed by atoms with Crippen molar-refractivity contribution in [2.75, 3.05) is 13.6 Å². The second-order valence-corrected chi connectivity index (χ2v) is 6.81. The molecule has 1 aliphatic rings. The Bertz CT molecular complexity index is 511. The van der Waals surface area contributed by atoms with Gasteiger partial charge < -0.3 is 10.2 Å². The van der Waals surface area contributed by atoms with Gasteiger partial charge in [-0.2, -0.15) is 0 Å². The molecule has 0 amide bonds. The SMILES string of the molecule is CN=C(NCc1ccc(Cl)nc1)N1CC(C)(C)C1(C)C.I. The number of pyridine rings is 1. The molecular formula is C15H24ClIN4. The molecule has 0 aliphatic carbocycles. The lowest BCUT2D eigenvalue weighted by molar-refractivity contribution is -0.0667. The maximum absolute atomic E-state index is 5.79. The molecule has 118 valence electrons. The second kappa shape index (κ2) is 6.69. The minimum atomic E-state index is 0. The fourth-order valence-electron chi connectivity index (χ4n) is 2.39. The summed E-state index contributed by atoms with van der Waals surface area (Å²) in [5, 5.41) is 3.91. The molecule has 1 aromatic heterocycles. The maximum Gasteiger partial charge on any atom is 0.194 e. The van der Waals surface area contributed by atoms with E-state index in [1.54, 1.807) is 12.3 Å². The number of aliphatic imine (C=N–C) groups is 1. The molecule has 1 saturated heterocycles. The molecular weight excluding hydrogens is 399 g/mol. The van der Waals surface area contributed by atoms with Gasteiger partial charge in [0.15, 0.2) is 5.96 Å². The summed E-state index contributed by atoms with van der Waals surface area (Å²) < 4.78 is 0. The molecule has 0 unspecified atom stereocenters. The Hall–Kier alpha value is -0.560. The number of rotatable bonds is 2. The molecule has 2 heterocycles. The van der Waals surface area contributed by atoms with E-state index in [1.807, 2.05) is 13.1 Å². The first-order valence-corrected chi connectivity index (χ1v) is 7.24. The van der Waals surface area contributed by atoms with E-state index in [9.17, 15) is 0 Å². The van der Waals surface area contributed by atoms with E-state index in [0.29, 0.717) is 17.1 Å². The molecule has 21 heavy (non-hydrogen) atoms. The summed E-state index contributed by atoms with van der Waals surface area (Å²) in [5.41, 5.74) is 1.49. The van der Waals surface area contributed by atoms with Crippen molar-refractivity contribution in [3.8, 4) is 0 Å². The van der Waals surface area contributed by atoms with E-state index in [4.69, 9.17) is 11.6 Å². The van der Waals surface area contributed by atoms with Crippen molar-refractivity contribution in [3.63, 3.8) is 0 Å². The molecule has 1 fully saturated rings. The largest absolute Gasteiger partial charge is 0.352 e. The van der Waals surface area contributed by atoms with Crippen LogP contribution in [0.3, 0.4) is 0 Å². The third-order valence-corrected chi connectivity index (χ3v) is 4.81. The number of aromatic nitrogens is 1. The van der Waals surface area contributed by atoms with Gasteiger partial charge in [-0.05, 0) is 25.5 Å². The van der Waals surface area contributed by atoms with E-state index in [0.717, 1.165) is 18.1 Å². The van der Waals surface area contributed by atoms with E-state index < -0.39 is 0 Å². The van der Waals surface area contributed by atoms with Gasteiger partial charge in [-0.15, -0.1) is 24.0 Å². The highest BCUT2D eigenvalue weighted by atomic mass is 127. The van der Waals surface area contributed by atoms with Gasteiger partial charge in [0.05, 0.1) is 0 Å². The Morgan fingerprint density at radius 1 is 1.38 bits per heavy atom. The van der Waals surface area contributed by atoms with Gasteiger partial charge >= 0.3 is 0 Å². The number of guanidine groups is 1. The number of nitrogens with zero attached hydrogens (tertiary/aromatic N) is 3. The van der Waals surface area contributed by atoms with Crippen LogP contribution in [0.1, 0.15) is 33.3 Å². The van der Waals surface area contributed by atoms with Crippen molar-refractivity contribution in [1.29, 1.82) is 0 Å². The van der Waals surface area contributed by atoms with Crippen molar-refractivity contribution in [3.05, 3.63) is 29.0 Å². The third kappa shape index (κ3) is 3.62. The van der Waals surface area contributed by atoms with Crippen LogP contribution in [0, 0.1) is 5.41 Å². The topological polar surface area (TPSA) is 40.5 Å². The Kier molecular flexibility index (Phi) is 5.89. The van der Waals surface area contributed by atoms with Crippen LogP contribution in [0.4, 0.5) is 0 Å². The molecule has 0 aromatic carbocycles. The van der Waals surface area contributed by atoms with Crippen molar-refractivity contribution < 1.29 is 0 Å². The van der Waals surface area contributed by atoms with Crippen LogP contribution >= 0.6 is 35.6 Å². The van der Waals surface area contributed by atoms with E-state index in [1.165, 1.54) is 0 Å². The molecule has 0 spiro atoms. The average molecular weight is 423 g/mol. The van der Waals surface area contributed by atoms with Crippen molar-refractivity contribution >= 4 is 41.5 Å². The highest BCUT2D eigenvalue weighted by Gasteiger charge is 2.53. The number of likely N-dealkylation sites (tertiary alicyclic amines) is 1. The third-order valence-electron chi connectivity index (χ3n) is 4.59. The summed E-state index contributed by atoms with van der Waals surface area (Å²) in [6.45, 7) is 10.8. The van der Waals surface area contributed by atoms with Crippen LogP contribution in [0.15, 0.2) is 23.3 Å². The van der Waals surface area contributed by atoms with Crippen molar-refractivity contribution in [1.82, 2.24) is 15.2 Å². The van der Waals surface area contributed by atoms with E-state index in [-0.39, 0.29) is 29.5 Å². The Morgan fingerprint density at radius 2 is 2.05 bits per heavy atom. The number of halogens is 2. The summed E-state index contributed by atoms with van der Waals surface area (Å²) in [4.78, 5) is 10.8. The standard InChI is InChI=1S/C15H23ClN4.HI/c1-14(2)10-20(15(14,3)4)13(17-5)19-9-11-6-7-12(16)18-8-11;/h6-8H,9-10H2,1-5H3,(H,17,19);1H. The summed E-state index contributed by atoms with van der Waals surface area (Å²) in [7, 11) is 1.82. The number of nitrogens with one attached hydrogen (secondary N) is 1. The van der Waals surface area contributed by atoms with Gasteiger partial charge in [0.2, 0.25) is 0 Å². The molecule has 1 aliphatic heterocycles. The first-order chi connectivity index (χ1) is 9.28. The highest BCUT2D eigenvalue weighted by molar-refractivity contribution is 14.0. The lowest BCUT2D eigenvalue weighted by atomic mass is 9.65. The zero-order valence-electron chi connectivity index (χ0n) is 13.3. The lowest BCUT2D eigenvalue weighted by Crippen LogP contribution is -2.72. The van der Waals surface area contributed by atoms with Gasteiger partial charge in [-0.3, -0.25) is 4.99 Å². The van der Waals surface area contributed by atoms with E-state index >= 15 is 0 Å². The first-order valence-electron chi connectivity index (χ1n) is 6.87. The molecule has 1 aromatic rings. The molecule has 0 atom stereocenters. The van der Waals surface area contributed by atoms with Gasteiger partial charge in [0.1, 0.15) is 5.15 Å². The maximum atomic E-state index is 5.79. The van der Waals surface area contributed by atoms with Crippen LogP contribution in [-0.2, 0) is 6.54 Å². The summed E-state index contributed by atoms with van der Waals surface area (Å²) in [5.74, 6) is 0.935.